The number of hydrogen-bond acceptors (Lipinski definition) is 7. The molecule has 11 heteroatoms. The molecule has 2 aromatic heterocycles. The van der Waals surface area contributed by atoms with Gasteiger partial charge >= 0.3 is 0 Å². The van der Waals surface area contributed by atoms with E-state index >= 15 is 0 Å². The fraction of sp³-hybridized carbons (Fsp3) is 0.0357. The minimum absolute atomic E-state index is 0.0993. The van der Waals surface area contributed by atoms with Crippen LogP contribution in [0.1, 0.15) is 15.9 Å². The van der Waals surface area contributed by atoms with Gasteiger partial charge < -0.3 is 5.32 Å². The van der Waals surface area contributed by atoms with Crippen LogP contribution in [0.4, 0.5) is 5.69 Å². The summed E-state index contributed by atoms with van der Waals surface area (Å²) >= 11 is 8.65. The van der Waals surface area contributed by atoms with E-state index in [0.29, 0.717) is 37.1 Å². The van der Waals surface area contributed by atoms with Gasteiger partial charge in [0, 0.05) is 27.4 Å². The molecule has 0 saturated carbocycles. The van der Waals surface area contributed by atoms with Crippen LogP contribution in [-0.4, -0.2) is 28.8 Å². The number of anilines is 1. The molecule has 4 aromatic carbocycles. The summed E-state index contributed by atoms with van der Waals surface area (Å²) in [5.74, 6) is -0.222. The molecule has 1 amide bonds. The van der Waals surface area contributed by atoms with Crippen molar-refractivity contribution in [2.75, 3.05) is 5.32 Å². The molecule has 7 nitrogen and oxygen atoms in total. The number of amides is 1. The topological polar surface area (TPSA) is 109 Å². The Bertz CT molecular complexity index is 2000. The second-order valence-electron chi connectivity index (χ2n) is 8.79. The Morgan fingerprint density at radius 2 is 1.49 bits per heavy atom. The van der Waals surface area contributed by atoms with Crippen molar-refractivity contribution in [2.45, 2.75) is 11.8 Å². The van der Waals surface area contributed by atoms with E-state index in [4.69, 9.17) is 16.6 Å². The van der Waals surface area contributed by atoms with Gasteiger partial charge in [-0.3, -0.25) is 9.35 Å². The fourth-order valence-corrected chi connectivity index (χ4v) is 7.64. The summed E-state index contributed by atoms with van der Waals surface area (Å²) in [6, 6.07) is 23.3. The molecular formula is C28H18ClN3O4S3. The molecule has 0 atom stereocenters. The van der Waals surface area contributed by atoms with Crippen LogP contribution < -0.4 is 5.32 Å². The van der Waals surface area contributed by atoms with Crippen molar-refractivity contribution >= 4 is 76.4 Å². The quantitative estimate of drug-likeness (QED) is 0.199. The van der Waals surface area contributed by atoms with Crippen LogP contribution >= 0.6 is 34.3 Å². The van der Waals surface area contributed by atoms with Crippen molar-refractivity contribution in [3.63, 3.8) is 0 Å². The third kappa shape index (κ3) is 5.05. The highest BCUT2D eigenvalue weighted by Gasteiger charge is 2.21. The van der Waals surface area contributed by atoms with Crippen molar-refractivity contribution < 1.29 is 17.8 Å². The largest absolute Gasteiger partial charge is 0.322 e. The van der Waals surface area contributed by atoms with E-state index in [1.807, 2.05) is 42.5 Å². The van der Waals surface area contributed by atoms with Crippen LogP contribution in [0.5, 0.6) is 0 Å². The van der Waals surface area contributed by atoms with E-state index in [0.717, 1.165) is 26.4 Å². The Hall–Kier alpha value is -3.67. The predicted octanol–water partition coefficient (Wildman–Crippen LogP) is 7.70. The normalized spacial score (nSPS) is 11.8. The van der Waals surface area contributed by atoms with Crippen LogP contribution in [0.2, 0.25) is 5.02 Å². The molecule has 6 aromatic rings. The number of carbonyl (C=O) groups is 1. The van der Waals surface area contributed by atoms with Crippen LogP contribution in [0.25, 0.3) is 41.6 Å². The van der Waals surface area contributed by atoms with Gasteiger partial charge in [-0.15, -0.1) is 22.7 Å². The number of fused-ring (bicyclic) bond motifs is 2. The van der Waals surface area contributed by atoms with Crippen molar-refractivity contribution in [1.82, 2.24) is 9.97 Å². The van der Waals surface area contributed by atoms with E-state index < -0.39 is 10.1 Å². The molecule has 0 aliphatic carbocycles. The Morgan fingerprint density at radius 3 is 2.21 bits per heavy atom. The molecule has 0 unspecified atom stereocenters. The summed E-state index contributed by atoms with van der Waals surface area (Å²) in [6.07, 6.45) is 0. The SMILES string of the molecule is Cc1ccc2nc(-c3ccc4nc(-c5ccc(NC(=O)c6ccc(Cl)cc6)cc5)sc4c3)sc2c1S(=O)(=O)O. The number of aromatic nitrogens is 2. The second kappa shape index (κ2) is 9.82. The summed E-state index contributed by atoms with van der Waals surface area (Å²) in [7, 11) is -4.38. The first-order valence-corrected chi connectivity index (χ1v) is 15.1. The van der Waals surface area contributed by atoms with Gasteiger partial charge in [0.2, 0.25) is 0 Å². The lowest BCUT2D eigenvalue weighted by Crippen LogP contribution is -2.11. The number of thiazole rings is 2. The molecule has 0 bridgehead atoms. The molecule has 0 aliphatic rings. The predicted molar refractivity (Wildman–Crippen MR) is 158 cm³/mol. The first kappa shape index (κ1) is 25.6. The number of halogens is 1. The Morgan fingerprint density at radius 1 is 0.846 bits per heavy atom. The molecule has 39 heavy (non-hydrogen) atoms. The molecule has 2 heterocycles. The molecule has 0 saturated heterocycles. The first-order chi connectivity index (χ1) is 18.7. The highest BCUT2D eigenvalue weighted by molar-refractivity contribution is 7.86. The Balaban J connectivity index is 1.27. The summed E-state index contributed by atoms with van der Waals surface area (Å²) < 4.78 is 35.1. The zero-order valence-corrected chi connectivity index (χ0v) is 23.4. The summed E-state index contributed by atoms with van der Waals surface area (Å²) in [5.41, 5.74) is 4.74. The maximum Gasteiger partial charge on any atom is 0.296 e. The van der Waals surface area contributed by atoms with E-state index in [1.54, 1.807) is 43.3 Å². The fourth-order valence-electron chi connectivity index (χ4n) is 4.19. The van der Waals surface area contributed by atoms with Crippen LogP contribution in [-0.2, 0) is 10.1 Å². The molecular weight excluding hydrogens is 574 g/mol. The van der Waals surface area contributed by atoms with Gasteiger partial charge in [-0.1, -0.05) is 17.7 Å². The summed E-state index contributed by atoms with van der Waals surface area (Å²) in [5, 5.41) is 4.92. The van der Waals surface area contributed by atoms with Gasteiger partial charge in [-0.2, -0.15) is 8.42 Å². The number of nitrogens with zero attached hydrogens (tertiary/aromatic N) is 2. The number of nitrogens with one attached hydrogen (secondary N) is 1. The average Bonchev–Trinajstić information content (AvgIpc) is 3.52. The van der Waals surface area contributed by atoms with E-state index in [9.17, 15) is 17.8 Å². The summed E-state index contributed by atoms with van der Waals surface area (Å²) in [4.78, 5) is 21.7. The summed E-state index contributed by atoms with van der Waals surface area (Å²) in [6.45, 7) is 1.65. The lowest BCUT2D eigenvalue weighted by molar-refractivity contribution is 0.102. The van der Waals surface area contributed by atoms with Crippen molar-refractivity contribution in [3.8, 4) is 21.1 Å². The van der Waals surface area contributed by atoms with E-state index in [-0.39, 0.29) is 10.8 Å². The Labute approximate surface area is 236 Å². The number of benzene rings is 4. The van der Waals surface area contributed by atoms with Gasteiger partial charge in [-0.25, -0.2) is 9.97 Å². The molecule has 0 aliphatic heterocycles. The maximum atomic E-state index is 12.5. The van der Waals surface area contributed by atoms with Gasteiger partial charge in [0.1, 0.15) is 14.9 Å². The zero-order valence-electron chi connectivity index (χ0n) is 20.2. The standard InChI is InChI=1S/C28H18ClN3O4S3/c1-15-2-12-22-24(25(15)39(34,35)36)38-28(32-22)18-7-13-21-23(14-18)37-27(31-21)17-5-10-20(11-6-17)30-26(33)16-3-8-19(29)9-4-16/h2-14H,1H3,(H,30,33)(H,34,35,36). The van der Waals surface area contributed by atoms with Gasteiger partial charge in [0.25, 0.3) is 16.0 Å². The minimum Gasteiger partial charge on any atom is -0.322 e. The number of rotatable bonds is 5. The lowest BCUT2D eigenvalue weighted by Gasteiger charge is -2.06. The average molecular weight is 592 g/mol. The molecule has 2 N–H and O–H groups in total. The van der Waals surface area contributed by atoms with E-state index in [1.165, 1.54) is 22.7 Å². The third-order valence-electron chi connectivity index (χ3n) is 6.10. The molecule has 6 rings (SSSR count). The first-order valence-electron chi connectivity index (χ1n) is 11.6. The van der Waals surface area contributed by atoms with Gasteiger partial charge in [0.15, 0.2) is 0 Å². The van der Waals surface area contributed by atoms with Gasteiger partial charge in [-0.05, 0) is 85.3 Å². The molecule has 0 fully saturated rings. The third-order valence-corrected chi connectivity index (χ3v) is 9.73. The smallest absolute Gasteiger partial charge is 0.296 e. The molecule has 0 radical (unpaired) electrons. The number of hydrogen-bond donors (Lipinski definition) is 2. The van der Waals surface area contributed by atoms with Crippen molar-refractivity contribution in [2.24, 2.45) is 0 Å². The second-order valence-corrected chi connectivity index (χ2v) is 12.6. The highest BCUT2D eigenvalue weighted by Crippen LogP contribution is 2.38. The van der Waals surface area contributed by atoms with Crippen LogP contribution in [0.3, 0.4) is 0 Å². The monoisotopic (exact) mass is 591 g/mol. The van der Waals surface area contributed by atoms with Gasteiger partial charge in [0.05, 0.1) is 20.4 Å². The molecule has 0 spiro atoms. The van der Waals surface area contributed by atoms with E-state index in [2.05, 4.69) is 10.3 Å². The maximum absolute atomic E-state index is 12.5. The van der Waals surface area contributed by atoms with Crippen molar-refractivity contribution in [1.29, 1.82) is 0 Å². The minimum atomic E-state index is -4.38. The van der Waals surface area contributed by atoms with Crippen molar-refractivity contribution in [3.05, 3.63) is 95.0 Å². The number of aryl methyl sites for hydroxylation is 1. The van der Waals surface area contributed by atoms with Crippen LogP contribution in [0.15, 0.2) is 83.8 Å². The zero-order chi connectivity index (χ0) is 27.3. The Kier molecular flexibility index (Phi) is 6.44. The van der Waals surface area contributed by atoms with Crippen LogP contribution in [0, 0.1) is 6.92 Å². The highest BCUT2D eigenvalue weighted by atomic mass is 35.5. The number of carbonyl (C=O) groups excluding carboxylic acids is 1. The lowest BCUT2D eigenvalue weighted by atomic mass is 10.2. The molecule has 194 valence electrons.